The number of nitrogens with zero attached hydrogens (tertiary/aromatic N) is 3. The summed E-state index contributed by atoms with van der Waals surface area (Å²) in [5.74, 6) is 0.902. The summed E-state index contributed by atoms with van der Waals surface area (Å²) < 4.78 is 0. The van der Waals surface area contributed by atoms with Gasteiger partial charge >= 0.3 is 0 Å². The summed E-state index contributed by atoms with van der Waals surface area (Å²) in [4.78, 5) is 23.2. The van der Waals surface area contributed by atoms with Crippen LogP contribution in [0.4, 0.5) is 17.2 Å². The molecule has 2 aromatic carbocycles. The highest BCUT2D eigenvalue weighted by Gasteiger charge is 2.11. The zero-order valence-electron chi connectivity index (χ0n) is 16.7. The van der Waals surface area contributed by atoms with Gasteiger partial charge in [-0.25, -0.2) is 9.97 Å². The maximum atomic E-state index is 12.5. The van der Waals surface area contributed by atoms with Gasteiger partial charge in [-0.15, -0.1) is 0 Å². The third-order valence-electron chi connectivity index (χ3n) is 4.26. The molecule has 0 aliphatic carbocycles. The molecule has 6 nitrogen and oxygen atoms in total. The lowest BCUT2D eigenvalue weighted by atomic mass is 10.1. The van der Waals surface area contributed by atoms with E-state index in [9.17, 15) is 4.79 Å². The summed E-state index contributed by atoms with van der Waals surface area (Å²) in [5, 5.41) is 6.16. The van der Waals surface area contributed by atoms with Crippen LogP contribution in [0.5, 0.6) is 0 Å². The van der Waals surface area contributed by atoms with Gasteiger partial charge in [0, 0.05) is 38.1 Å². The van der Waals surface area contributed by atoms with Gasteiger partial charge in [0.25, 0.3) is 5.91 Å². The van der Waals surface area contributed by atoms with Crippen LogP contribution in [-0.4, -0.2) is 30.0 Å². The predicted octanol–water partition coefficient (Wildman–Crippen LogP) is 3.83. The summed E-state index contributed by atoms with van der Waals surface area (Å²) in [5.41, 5.74) is 4.57. The van der Waals surface area contributed by atoms with E-state index in [1.165, 1.54) is 0 Å². The Kier molecular flexibility index (Phi) is 5.89. The van der Waals surface area contributed by atoms with Gasteiger partial charge in [0.1, 0.15) is 17.3 Å². The average molecular weight is 375 g/mol. The van der Waals surface area contributed by atoms with Crippen molar-refractivity contribution in [2.45, 2.75) is 20.4 Å². The zero-order valence-corrected chi connectivity index (χ0v) is 16.7. The number of anilines is 3. The number of hydrogen-bond acceptors (Lipinski definition) is 5. The van der Waals surface area contributed by atoms with Crippen LogP contribution in [0.3, 0.4) is 0 Å². The molecule has 0 unspecified atom stereocenters. The summed E-state index contributed by atoms with van der Waals surface area (Å²) in [7, 11) is 4.00. The minimum Gasteiger partial charge on any atom is -0.378 e. The number of hydrogen-bond donors (Lipinski definition) is 2. The van der Waals surface area contributed by atoms with Crippen molar-refractivity contribution in [3.63, 3.8) is 0 Å². The maximum Gasteiger partial charge on any atom is 0.270 e. The van der Waals surface area contributed by atoms with Crippen molar-refractivity contribution in [3.05, 3.63) is 77.2 Å². The maximum absolute atomic E-state index is 12.5. The number of aryl methyl sites for hydroxylation is 2. The SMILES string of the molecule is Cc1cccc(CNC(=O)c2cc(Nc3ccc(N(C)C)cc3)nc(C)n2)c1. The third-order valence-corrected chi connectivity index (χ3v) is 4.26. The van der Waals surface area contributed by atoms with Crippen LogP contribution in [0.2, 0.25) is 0 Å². The molecule has 0 atom stereocenters. The molecule has 0 radical (unpaired) electrons. The smallest absolute Gasteiger partial charge is 0.270 e. The fourth-order valence-electron chi connectivity index (χ4n) is 2.83. The van der Waals surface area contributed by atoms with Crippen LogP contribution in [0, 0.1) is 13.8 Å². The van der Waals surface area contributed by atoms with Crippen molar-refractivity contribution in [2.24, 2.45) is 0 Å². The van der Waals surface area contributed by atoms with E-state index in [1.54, 1.807) is 13.0 Å². The molecule has 144 valence electrons. The number of rotatable bonds is 6. The van der Waals surface area contributed by atoms with E-state index in [4.69, 9.17) is 0 Å². The van der Waals surface area contributed by atoms with Gasteiger partial charge in [-0.05, 0) is 43.7 Å². The van der Waals surface area contributed by atoms with Crippen molar-refractivity contribution in [1.29, 1.82) is 0 Å². The molecule has 0 saturated heterocycles. The fraction of sp³-hybridized carbons (Fsp3) is 0.227. The van der Waals surface area contributed by atoms with Gasteiger partial charge in [0.15, 0.2) is 0 Å². The molecule has 6 heteroatoms. The molecule has 2 N–H and O–H groups in total. The van der Waals surface area contributed by atoms with E-state index in [-0.39, 0.29) is 5.91 Å². The molecule has 0 saturated carbocycles. The monoisotopic (exact) mass is 375 g/mol. The highest BCUT2D eigenvalue weighted by atomic mass is 16.1. The second kappa shape index (κ2) is 8.52. The van der Waals surface area contributed by atoms with Crippen LogP contribution in [-0.2, 0) is 6.54 Å². The molecular formula is C22H25N5O. The zero-order chi connectivity index (χ0) is 20.1. The lowest BCUT2D eigenvalue weighted by molar-refractivity contribution is 0.0945. The number of carbonyl (C=O) groups excluding carboxylic acids is 1. The van der Waals surface area contributed by atoms with E-state index in [1.807, 2.05) is 68.4 Å². The van der Waals surface area contributed by atoms with Crippen molar-refractivity contribution in [1.82, 2.24) is 15.3 Å². The third kappa shape index (κ3) is 5.07. The van der Waals surface area contributed by atoms with Gasteiger partial charge in [-0.2, -0.15) is 0 Å². The minimum absolute atomic E-state index is 0.224. The van der Waals surface area contributed by atoms with E-state index >= 15 is 0 Å². The summed E-state index contributed by atoms with van der Waals surface area (Å²) in [6.45, 7) is 4.26. The number of amides is 1. The first-order chi connectivity index (χ1) is 13.4. The van der Waals surface area contributed by atoms with Crippen LogP contribution in [0.25, 0.3) is 0 Å². The molecule has 28 heavy (non-hydrogen) atoms. The van der Waals surface area contributed by atoms with E-state index in [2.05, 4.69) is 26.7 Å². The predicted molar refractivity (Wildman–Crippen MR) is 113 cm³/mol. The van der Waals surface area contributed by atoms with Crippen molar-refractivity contribution < 1.29 is 4.79 Å². The van der Waals surface area contributed by atoms with Crippen LogP contribution < -0.4 is 15.5 Å². The molecule has 1 amide bonds. The number of benzene rings is 2. The topological polar surface area (TPSA) is 70.2 Å². The Morgan fingerprint density at radius 3 is 2.43 bits per heavy atom. The highest BCUT2D eigenvalue weighted by Crippen LogP contribution is 2.19. The number of nitrogens with one attached hydrogen (secondary N) is 2. The van der Waals surface area contributed by atoms with Gasteiger partial charge in [-0.1, -0.05) is 29.8 Å². The first kappa shape index (κ1) is 19.4. The lowest BCUT2D eigenvalue weighted by Crippen LogP contribution is -2.24. The summed E-state index contributed by atoms with van der Waals surface area (Å²) in [6, 6.07) is 17.7. The highest BCUT2D eigenvalue weighted by molar-refractivity contribution is 5.93. The molecule has 1 aromatic heterocycles. The Labute approximate surface area is 165 Å². The molecule has 0 aliphatic rings. The normalized spacial score (nSPS) is 10.4. The van der Waals surface area contributed by atoms with E-state index in [0.717, 1.165) is 22.5 Å². The largest absolute Gasteiger partial charge is 0.378 e. The van der Waals surface area contributed by atoms with Gasteiger partial charge < -0.3 is 15.5 Å². The fourth-order valence-corrected chi connectivity index (χ4v) is 2.83. The average Bonchev–Trinajstić information content (AvgIpc) is 2.66. The van der Waals surface area contributed by atoms with Crippen LogP contribution >= 0.6 is 0 Å². The second-order valence-corrected chi connectivity index (χ2v) is 6.92. The van der Waals surface area contributed by atoms with E-state index in [0.29, 0.717) is 23.9 Å². The molecule has 3 aromatic rings. The Hall–Kier alpha value is -3.41. The van der Waals surface area contributed by atoms with Crippen molar-refractivity contribution in [3.8, 4) is 0 Å². The first-order valence-electron chi connectivity index (χ1n) is 9.14. The Morgan fingerprint density at radius 2 is 1.75 bits per heavy atom. The summed E-state index contributed by atoms with van der Waals surface area (Å²) >= 11 is 0. The Bertz CT molecular complexity index is 967. The molecule has 1 heterocycles. The molecule has 0 spiro atoms. The summed E-state index contributed by atoms with van der Waals surface area (Å²) in [6.07, 6.45) is 0. The van der Waals surface area contributed by atoms with Gasteiger partial charge in [0.2, 0.25) is 0 Å². The number of aromatic nitrogens is 2. The van der Waals surface area contributed by atoms with Crippen molar-refractivity contribution in [2.75, 3.05) is 24.3 Å². The molecule has 0 fully saturated rings. The molecule has 0 aliphatic heterocycles. The van der Waals surface area contributed by atoms with Crippen LogP contribution in [0.1, 0.15) is 27.4 Å². The van der Waals surface area contributed by atoms with Gasteiger partial charge in [0.05, 0.1) is 0 Å². The second-order valence-electron chi connectivity index (χ2n) is 6.92. The Balaban J connectivity index is 1.70. The molecule has 0 bridgehead atoms. The lowest BCUT2D eigenvalue weighted by Gasteiger charge is -2.13. The van der Waals surface area contributed by atoms with Gasteiger partial charge in [-0.3, -0.25) is 4.79 Å². The standard InChI is InChI=1S/C22H25N5O/c1-15-6-5-7-17(12-15)14-23-22(28)20-13-21(25-16(2)24-20)26-18-8-10-19(11-9-18)27(3)4/h5-13H,14H2,1-4H3,(H,23,28)(H,24,25,26). The number of carbonyl (C=O) groups is 1. The Morgan fingerprint density at radius 1 is 1.00 bits per heavy atom. The quantitative estimate of drug-likeness (QED) is 0.685. The van der Waals surface area contributed by atoms with Crippen LogP contribution in [0.15, 0.2) is 54.6 Å². The van der Waals surface area contributed by atoms with Crippen molar-refractivity contribution >= 4 is 23.1 Å². The molecule has 3 rings (SSSR count). The van der Waals surface area contributed by atoms with E-state index < -0.39 is 0 Å². The first-order valence-corrected chi connectivity index (χ1v) is 9.14. The molecular weight excluding hydrogens is 350 g/mol. The minimum atomic E-state index is -0.224.